The molecule has 1 aromatic carbocycles. The summed E-state index contributed by atoms with van der Waals surface area (Å²) in [5.74, 6) is -0.731. The Hall–Kier alpha value is -2.38. The number of rotatable bonds is 7. The zero-order valence-electron chi connectivity index (χ0n) is 15.0. The van der Waals surface area contributed by atoms with Crippen LogP contribution in [0.4, 0.5) is 5.69 Å². The van der Waals surface area contributed by atoms with E-state index in [-0.39, 0.29) is 29.0 Å². The minimum absolute atomic E-state index is 0.0217. The van der Waals surface area contributed by atoms with E-state index in [4.69, 9.17) is 23.2 Å². The van der Waals surface area contributed by atoms with E-state index in [2.05, 4.69) is 10.4 Å². The van der Waals surface area contributed by atoms with Crippen molar-refractivity contribution in [3.05, 3.63) is 56.4 Å². The lowest BCUT2D eigenvalue weighted by Crippen LogP contribution is -2.42. The van der Waals surface area contributed by atoms with Gasteiger partial charge in [-0.25, -0.2) is 4.68 Å². The summed E-state index contributed by atoms with van der Waals surface area (Å²) in [5, 5.41) is 6.44. The lowest BCUT2D eigenvalue weighted by molar-refractivity contribution is -0.135. The molecule has 1 N–H and O–H groups in total. The predicted molar refractivity (Wildman–Crippen MR) is 105 cm³/mol. The van der Waals surface area contributed by atoms with Gasteiger partial charge in [-0.05, 0) is 25.0 Å². The van der Waals surface area contributed by atoms with Gasteiger partial charge < -0.3 is 10.2 Å². The average molecular weight is 411 g/mol. The van der Waals surface area contributed by atoms with Crippen LogP contribution >= 0.6 is 23.2 Å². The Morgan fingerprint density at radius 3 is 2.63 bits per heavy atom. The Bertz CT molecular complexity index is 898. The molecule has 2 amide bonds. The van der Waals surface area contributed by atoms with E-state index in [1.165, 1.54) is 11.1 Å². The fourth-order valence-electron chi connectivity index (χ4n) is 2.42. The molecule has 0 saturated heterocycles. The molecule has 1 heterocycles. The lowest BCUT2D eigenvalue weighted by atomic mass is 10.2. The standard InChI is InChI=1S/C18H20Cl2N4O3/c1-3-8-23(10-15(25)22-14-7-5-4-6-12(14)2)16(26)11-24-18(27)17(20)13(19)9-21-24/h4-7,9H,3,8,10-11H2,1-2H3,(H,22,25). The molecule has 0 spiro atoms. The van der Waals surface area contributed by atoms with Gasteiger partial charge in [0, 0.05) is 12.2 Å². The summed E-state index contributed by atoms with van der Waals surface area (Å²) in [6, 6.07) is 7.37. The Kier molecular flexibility index (Phi) is 7.38. The van der Waals surface area contributed by atoms with Crippen molar-refractivity contribution in [1.29, 1.82) is 0 Å². The normalized spacial score (nSPS) is 10.5. The molecule has 27 heavy (non-hydrogen) atoms. The van der Waals surface area contributed by atoms with Gasteiger partial charge in [0.25, 0.3) is 5.56 Å². The van der Waals surface area contributed by atoms with Crippen molar-refractivity contribution >= 4 is 40.7 Å². The Balaban J connectivity index is 2.08. The van der Waals surface area contributed by atoms with Gasteiger partial charge in [0.15, 0.2) is 0 Å². The maximum absolute atomic E-state index is 12.6. The summed E-state index contributed by atoms with van der Waals surface area (Å²) in [6.45, 7) is 3.69. The number of nitrogens with zero attached hydrogens (tertiary/aromatic N) is 3. The zero-order chi connectivity index (χ0) is 20.0. The molecule has 144 valence electrons. The maximum Gasteiger partial charge on any atom is 0.287 e. The van der Waals surface area contributed by atoms with E-state index in [1.54, 1.807) is 6.07 Å². The zero-order valence-corrected chi connectivity index (χ0v) is 16.5. The second kappa shape index (κ2) is 9.53. The topological polar surface area (TPSA) is 84.3 Å². The smallest absolute Gasteiger partial charge is 0.287 e. The number of hydrogen-bond donors (Lipinski definition) is 1. The minimum atomic E-state index is -0.654. The first-order valence-corrected chi connectivity index (χ1v) is 9.13. The molecule has 0 atom stereocenters. The fourth-order valence-corrected chi connectivity index (χ4v) is 2.69. The molecule has 2 aromatic rings. The molecule has 2 rings (SSSR count). The van der Waals surface area contributed by atoms with Crippen LogP contribution in [0.3, 0.4) is 0 Å². The number of carbonyl (C=O) groups excluding carboxylic acids is 2. The van der Waals surface area contributed by atoms with Gasteiger partial charge in [-0.3, -0.25) is 14.4 Å². The Morgan fingerprint density at radius 1 is 1.26 bits per heavy atom. The second-order valence-electron chi connectivity index (χ2n) is 5.95. The van der Waals surface area contributed by atoms with Crippen LogP contribution in [-0.2, 0) is 16.1 Å². The van der Waals surface area contributed by atoms with Crippen molar-refractivity contribution in [2.24, 2.45) is 0 Å². The largest absolute Gasteiger partial charge is 0.332 e. The highest BCUT2D eigenvalue weighted by Crippen LogP contribution is 2.15. The summed E-state index contributed by atoms with van der Waals surface area (Å²) in [4.78, 5) is 38.3. The number of aromatic nitrogens is 2. The van der Waals surface area contributed by atoms with Gasteiger partial charge in [0.1, 0.15) is 11.6 Å². The predicted octanol–water partition coefficient (Wildman–Crippen LogP) is 2.74. The van der Waals surface area contributed by atoms with E-state index < -0.39 is 11.5 Å². The SMILES string of the molecule is CCCN(CC(=O)Nc1ccccc1C)C(=O)Cn1ncc(Cl)c(Cl)c1=O. The van der Waals surface area contributed by atoms with E-state index in [0.717, 1.165) is 10.2 Å². The number of aryl methyl sites for hydroxylation is 1. The second-order valence-corrected chi connectivity index (χ2v) is 6.73. The molecule has 7 nitrogen and oxygen atoms in total. The minimum Gasteiger partial charge on any atom is -0.332 e. The highest BCUT2D eigenvalue weighted by atomic mass is 35.5. The number of hydrogen-bond acceptors (Lipinski definition) is 4. The van der Waals surface area contributed by atoms with Crippen LogP contribution in [0, 0.1) is 6.92 Å². The number of anilines is 1. The molecule has 0 unspecified atom stereocenters. The van der Waals surface area contributed by atoms with Crippen molar-refractivity contribution < 1.29 is 9.59 Å². The quantitative estimate of drug-likeness (QED) is 0.760. The first kappa shape index (κ1) is 20.9. The number of carbonyl (C=O) groups is 2. The Labute approximate surface area is 166 Å². The average Bonchev–Trinajstić information content (AvgIpc) is 2.63. The molecule has 0 fully saturated rings. The van der Waals surface area contributed by atoms with Gasteiger partial charge in [0.05, 0.1) is 17.8 Å². The van der Waals surface area contributed by atoms with Gasteiger partial charge in [-0.2, -0.15) is 5.10 Å². The van der Waals surface area contributed by atoms with Crippen LogP contribution < -0.4 is 10.9 Å². The number of nitrogens with one attached hydrogen (secondary N) is 1. The third-order valence-corrected chi connectivity index (χ3v) is 4.58. The summed E-state index contributed by atoms with van der Waals surface area (Å²) < 4.78 is 0.929. The number of halogens is 2. The highest BCUT2D eigenvalue weighted by molar-refractivity contribution is 6.41. The van der Waals surface area contributed by atoms with Crippen molar-refractivity contribution in [3.8, 4) is 0 Å². The molecular weight excluding hydrogens is 391 g/mol. The number of benzene rings is 1. The van der Waals surface area contributed by atoms with Crippen molar-refractivity contribution in [1.82, 2.24) is 14.7 Å². The van der Waals surface area contributed by atoms with E-state index in [0.29, 0.717) is 18.7 Å². The van der Waals surface area contributed by atoms with Crippen LogP contribution in [0.25, 0.3) is 0 Å². The molecule has 0 aliphatic heterocycles. The summed E-state index contributed by atoms with van der Waals surface area (Å²) >= 11 is 11.5. The van der Waals surface area contributed by atoms with Crippen LogP contribution in [0.2, 0.25) is 10.0 Å². The summed E-state index contributed by atoms with van der Waals surface area (Å²) in [7, 11) is 0. The van der Waals surface area contributed by atoms with Crippen LogP contribution in [0.5, 0.6) is 0 Å². The highest BCUT2D eigenvalue weighted by Gasteiger charge is 2.19. The monoisotopic (exact) mass is 410 g/mol. The fraction of sp³-hybridized carbons (Fsp3) is 0.333. The van der Waals surface area contributed by atoms with Gasteiger partial charge >= 0.3 is 0 Å². The number of amides is 2. The summed E-state index contributed by atoms with van der Waals surface area (Å²) in [5.41, 5.74) is 0.956. The molecule has 1 aromatic heterocycles. The van der Waals surface area contributed by atoms with Crippen LogP contribution in [0.15, 0.2) is 35.3 Å². The third kappa shape index (κ3) is 5.55. The number of para-hydroxylation sites is 1. The van der Waals surface area contributed by atoms with E-state index >= 15 is 0 Å². The van der Waals surface area contributed by atoms with Crippen molar-refractivity contribution in [3.63, 3.8) is 0 Å². The third-order valence-electron chi connectivity index (χ3n) is 3.83. The first-order valence-electron chi connectivity index (χ1n) is 8.37. The van der Waals surface area contributed by atoms with Crippen molar-refractivity contribution in [2.45, 2.75) is 26.8 Å². The lowest BCUT2D eigenvalue weighted by Gasteiger charge is -2.22. The van der Waals surface area contributed by atoms with E-state index in [9.17, 15) is 14.4 Å². The molecule has 9 heteroatoms. The van der Waals surface area contributed by atoms with E-state index in [1.807, 2.05) is 32.0 Å². The van der Waals surface area contributed by atoms with Gasteiger partial charge in [-0.15, -0.1) is 0 Å². The summed E-state index contributed by atoms with van der Waals surface area (Å²) in [6.07, 6.45) is 1.86. The molecule has 0 aliphatic carbocycles. The Morgan fingerprint density at radius 2 is 1.96 bits per heavy atom. The van der Waals surface area contributed by atoms with Crippen molar-refractivity contribution in [2.75, 3.05) is 18.4 Å². The van der Waals surface area contributed by atoms with Crippen LogP contribution in [0.1, 0.15) is 18.9 Å². The molecule has 0 aliphatic rings. The van der Waals surface area contributed by atoms with Gasteiger partial charge in [-0.1, -0.05) is 48.3 Å². The molecule has 0 bridgehead atoms. The first-order chi connectivity index (χ1) is 12.8. The van der Waals surface area contributed by atoms with Gasteiger partial charge in [0.2, 0.25) is 11.8 Å². The molecule has 0 radical (unpaired) electrons. The maximum atomic E-state index is 12.6. The van der Waals surface area contributed by atoms with Crippen LogP contribution in [-0.4, -0.2) is 39.6 Å². The molecule has 0 saturated carbocycles. The molecular formula is C18H20Cl2N4O3.